The second-order valence-corrected chi connectivity index (χ2v) is 9.73. The lowest BCUT2D eigenvalue weighted by atomic mass is 10.0. The third kappa shape index (κ3) is 4.32. The number of benzene rings is 1. The number of carbonyl (C=O) groups is 2. The number of fused-ring (bicyclic) bond motifs is 1. The zero-order chi connectivity index (χ0) is 21.5. The van der Waals surface area contributed by atoms with E-state index < -0.39 is 5.82 Å². The number of nitrogens with zero attached hydrogens (tertiary/aromatic N) is 2. The molecule has 2 aromatic heterocycles. The smallest absolute Gasteiger partial charge is 0.264 e. The molecule has 0 radical (unpaired) electrons. The summed E-state index contributed by atoms with van der Waals surface area (Å²) in [7, 11) is 0. The average Bonchev–Trinajstić information content (AvgIpc) is 3.41. The van der Waals surface area contributed by atoms with Crippen LogP contribution in [0.2, 0.25) is 0 Å². The summed E-state index contributed by atoms with van der Waals surface area (Å²) in [4.78, 5) is 31.5. The highest BCUT2D eigenvalue weighted by atomic mass is 32.1. The quantitative estimate of drug-likeness (QED) is 0.507. The topological polar surface area (TPSA) is 59.5 Å². The van der Waals surface area contributed by atoms with Crippen molar-refractivity contribution in [3.8, 4) is 11.5 Å². The molecule has 1 aliphatic heterocycles. The molecule has 2 aliphatic rings. The van der Waals surface area contributed by atoms with Gasteiger partial charge in [-0.05, 0) is 48.4 Å². The first-order chi connectivity index (χ1) is 15.0. The van der Waals surface area contributed by atoms with Crippen molar-refractivity contribution in [1.82, 2.24) is 9.88 Å². The van der Waals surface area contributed by atoms with E-state index in [-0.39, 0.29) is 23.9 Å². The van der Waals surface area contributed by atoms with Gasteiger partial charge in [-0.3, -0.25) is 14.6 Å². The molecule has 5 nitrogen and oxygen atoms in total. The van der Waals surface area contributed by atoms with Crippen molar-refractivity contribution < 1.29 is 18.7 Å². The number of likely N-dealkylation sites (tertiary alicyclic amines) is 1. The van der Waals surface area contributed by atoms with Crippen molar-refractivity contribution in [3.63, 3.8) is 0 Å². The summed E-state index contributed by atoms with van der Waals surface area (Å²) in [5.74, 6) is 1.25. The van der Waals surface area contributed by atoms with Gasteiger partial charge < -0.3 is 9.64 Å². The second kappa shape index (κ2) is 8.04. The van der Waals surface area contributed by atoms with Gasteiger partial charge in [0.05, 0.1) is 15.1 Å². The molecular formula is C24H23FN2O3S. The molecule has 31 heavy (non-hydrogen) atoms. The number of Topliss-reactive ketones (excluding diaryl/α,β-unsaturated/α-hetero) is 1. The van der Waals surface area contributed by atoms with Crippen LogP contribution < -0.4 is 4.74 Å². The molecule has 7 heteroatoms. The summed E-state index contributed by atoms with van der Waals surface area (Å²) in [6, 6.07) is 8.10. The minimum absolute atomic E-state index is 0.00144. The lowest BCUT2D eigenvalue weighted by Gasteiger charge is -2.36. The fourth-order valence-corrected chi connectivity index (χ4v) is 4.95. The van der Waals surface area contributed by atoms with Gasteiger partial charge >= 0.3 is 0 Å². The maximum atomic E-state index is 14.7. The largest absolute Gasteiger partial charge is 0.453 e. The molecule has 3 aromatic rings. The second-order valence-electron chi connectivity index (χ2n) is 8.68. The van der Waals surface area contributed by atoms with Crippen LogP contribution in [0.3, 0.4) is 0 Å². The highest BCUT2D eigenvalue weighted by molar-refractivity contribution is 7.21. The van der Waals surface area contributed by atoms with Crippen LogP contribution in [0.1, 0.15) is 41.4 Å². The average molecular weight is 439 g/mol. The third-order valence-electron chi connectivity index (χ3n) is 5.77. The number of ketones is 1. The van der Waals surface area contributed by atoms with Crippen LogP contribution in [0.25, 0.3) is 10.2 Å². The molecule has 3 heterocycles. The Morgan fingerprint density at radius 3 is 2.71 bits per heavy atom. The van der Waals surface area contributed by atoms with Crippen molar-refractivity contribution in [1.29, 1.82) is 0 Å². The monoisotopic (exact) mass is 438 g/mol. The highest BCUT2D eigenvalue weighted by Gasteiger charge is 2.29. The van der Waals surface area contributed by atoms with E-state index in [0.29, 0.717) is 44.7 Å². The maximum absolute atomic E-state index is 14.7. The number of rotatable bonds is 7. The molecule has 0 spiro atoms. The number of halogens is 1. The molecule has 1 amide bonds. The van der Waals surface area contributed by atoms with E-state index in [1.54, 1.807) is 30.5 Å². The zero-order valence-electron chi connectivity index (χ0n) is 17.3. The Balaban J connectivity index is 1.33. The molecule has 1 aromatic carbocycles. The summed E-state index contributed by atoms with van der Waals surface area (Å²) in [6.45, 7) is 3.65. The van der Waals surface area contributed by atoms with Crippen LogP contribution in [0.5, 0.6) is 11.5 Å². The molecule has 1 saturated heterocycles. The number of amides is 1. The van der Waals surface area contributed by atoms with Gasteiger partial charge in [-0.2, -0.15) is 0 Å². The first-order valence-electron chi connectivity index (χ1n) is 10.6. The standard InChI is InChI=1S/C24H23FN2O3S/c1-14-12-27(13-14)24(29)22-11-19-23(31-22)21(6-7-26-19)30-20-5-4-16(10-18(20)25)9-17(28)8-15-2-3-15/h4-7,10-11,14-15H,2-3,8-9,12-13H2,1H3. The summed E-state index contributed by atoms with van der Waals surface area (Å²) in [6.07, 6.45) is 4.68. The number of ether oxygens (including phenoxy) is 1. The molecule has 1 saturated carbocycles. The molecule has 1 aliphatic carbocycles. The zero-order valence-corrected chi connectivity index (χ0v) is 18.1. The normalized spacial score (nSPS) is 16.4. The minimum atomic E-state index is -0.510. The van der Waals surface area contributed by atoms with Gasteiger partial charge in [0.1, 0.15) is 11.5 Å². The van der Waals surface area contributed by atoms with Crippen LogP contribution in [0, 0.1) is 17.7 Å². The minimum Gasteiger partial charge on any atom is -0.453 e. The fourth-order valence-electron chi connectivity index (χ4n) is 3.92. The van der Waals surface area contributed by atoms with Gasteiger partial charge in [0.15, 0.2) is 11.6 Å². The maximum Gasteiger partial charge on any atom is 0.264 e. The Morgan fingerprint density at radius 1 is 1.19 bits per heavy atom. The molecule has 0 N–H and O–H groups in total. The van der Waals surface area contributed by atoms with E-state index in [2.05, 4.69) is 11.9 Å². The van der Waals surface area contributed by atoms with Crippen LogP contribution in [-0.4, -0.2) is 34.7 Å². The number of pyridine rings is 1. The Bertz CT molecular complexity index is 1160. The lowest BCUT2D eigenvalue weighted by molar-refractivity contribution is -0.118. The van der Waals surface area contributed by atoms with Crippen LogP contribution >= 0.6 is 11.3 Å². The summed E-state index contributed by atoms with van der Waals surface area (Å²) < 4.78 is 21.2. The number of thiophene rings is 1. The number of hydrogen-bond donors (Lipinski definition) is 0. The molecule has 0 atom stereocenters. The van der Waals surface area contributed by atoms with Crippen molar-refractivity contribution in [2.75, 3.05) is 13.1 Å². The molecular weight excluding hydrogens is 415 g/mol. The van der Waals surface area contributed by atoms with Gasteiger partial charge in [-0.25, -0.2) is 4.39 Å². The van der Waals surface area contributed by atoms with Gasteiger partial charge in [0, 0.05) is 38.2 Å². The fraction of sp³-hybridized carbons (Fsp3) is 0.375. The molecule has 0 unspecified atom stereocenters. The van der Waals surface area contributed by atoms with Gasteiger partial charge in [0.2, 0.25) is 0 Å². The Labute approximate surface area is 183 Å². The SMILES string of the molecule is CC1CN(C(=O)c2cc3nccc(Oc4ccc(CC(=O)CC5CC5)cc4F)c3s2)C1. The van der Waals surface area contributed by atoms with Crippen molar-refractivity contribution in [2.45, 2.75) is 32.6 Å². The predicted molar refractivity (Wildman–Crippen MR) is 117 cm³/mol. The van der Waals surface area contributed by atoms with Gasteiger partial charge in [-0.15, -0.1) is 11.3 Å². The van der Waals surface area contributed by atoms with Crippen molar-refractivity contribution >= 4 is 33.2 Å². The van der Waals surface area contributed by atoms with Gasteiger partial charge in [-0.1, -0.05) is 13.0 Å². The van der Waals surface area contributed by atoms with Gasteiger partial charge in [0.25, 0.3) is 5.91 Å². The lowest BCUT2D eigenvalue weighted by Crippen LogP contribution is -2.48. The number of hydrogen-bond acceptors (Lipinski definition) is 5. The van der Waals surface area contributed by atoms with Crippen LogP contribution in [0.4, 0.5) is 4.39 Å². The Morgan fingerprint density at radius 2 is 2.00 bits per heavy atom. The predicted octanol–water partition coefficient (Wildman–Crippen LogP) is 5.23. The molecule has 0 bridgehead atoms. The van der Waals surface area contributed by atoms with E-state index in [9.17, 15) is 14.0 Å². The van der Waals surface area contributed by atoms with E-state index >= 15 is 0 Å². The van der Waals surface area contributed by atoms with Crippen molar-refractivity contribution in [2.24, 2.45) is 11.8 Å². The van der Waals surface area contributed by atoms with E-state index in [1.807, 2.05) is 4.90 Å². The summed E-state index contributed by atoms with van der Waals surface area (Å²) in [5.41, 5.74) is 1.31. The Hall–Kier alpha value is -2.80. The molecule has 5 rings (SSSR count). The number of carbonyl (C=O) groups excluding carboxylic acids is 2. The Kier molecular flexibility index (Phi) is 5.22. The number of aromatic nitrogens is 1. The highest BCUT2D eigenvalue weighted by Crippen LogP contribution is 2.37. The third-order valence-corrected chi connectivity index (χ3v) is 6.90. The summed E-state index contributed by atoms with van der Waals surface area (Å²) >= 11 is 1.31. The van der Waals surface area contributed by atoms with E-state index in [1.165, 1.54) is 17.4 Å². The van der Waals surface area contributed by atoms with Crippen LogP contribution in [-0.2, 0) is 11.2 Å². The van der Waals surface area contributed by atoms with Crippen molar-refractivity contribution in [3.05, 3.63) is 52.8 Å². The molecule has 160 valence electrons. The molecule has 2 fully saturated rings. The first kappa shape index (κ1) is 20.1. The van der Waals surface area contributed by atoms with E-state index in [4.69, 9.17) is 4.74 Å². The van der Waals surface area contributed by atoms with Crippen LogP contribution in [0.15, 0.2) is 36.5 Å². The van der Waals surface area contributed by atoms with E-state index in [0.717, 1.165) is 25.9 Å². The summed E-state index contributed by atoms with van der Waals surface area (Å²) in [5, 5.41) is 0. The first-order valence-corrected chi connectivity index (χ1v) is 11.4.